The summed E-state index contributed by atoms with van der Waals surface area (Å²) in [6.07, 6.45) is 5.45. The van der Waals surface area contributed by atoms with Gasteiger partial charge in [-0.25, -0.2) is 4.98 Å². The van der Waals surface area contributed by atoms with E-state index in [0.29, 0.717) is 5.92 Å². The minimum atomic E-state index is 0.0614. The number of thiazole rings is 1. The quantitative estimate of drug-likeness (QED) is 0.585. The molecule has 0 bridgehead atoms. The highest BCUT2D eigenvalue weighted by atomic mass is 32.1. The number of carbonyl (C=O) groups is 1. The molecule has 0 N–H and O–H groups in total. The van der Waals surface area contributed by atoms with E-state index in [1.807, 2.05) is 42.2 Å². The van der Waals surface area contributed by atoms with Crippen molar-refractivity contribution in [3.8, 4) is 5.75 Å². The topological polar surface area (TPSA) is 42.4 Å². The van der Waals surface area contributed by atoms with Gasteiger partial charge in [-0.3, -0.25) is 4.79 Å². The van der Waals surface area contributed by atoms with Gasteiger partial charge in [-0.1, -0.05) is 23.8 Å². The first-order valence-electron chi connectivity index (χ1n) is 9.61. The van der Waals surface area contributed by atoms with Crippen LogP contribution >= 0.6 is 11.3 Å². The number of ether oxygens (including phenoxy) is 1. The summed E-state index contributed by atoms with van der Waals surface area (Å²) < 4.78 is 6.63. The van der Waals surface area contributed by atoms with E-state index < -0.39 is 0 Å². The molecule has 0 spiro atoms. The van der Waals surface area contributed by atoms with Gasteiger partial charge >= 0.3 is 0 Å². The van der Waals surface area contributed by atoms with E-state index in [9.17, 15) is 4.79 Å². The number of carbonyl (C=O) groups excluding carboxylic acids is 1. The van der Waals surface area contributed by atoms with Crippen LogP contribution in [0.4, 0.5) is 0 Å². The van der Waals surface area contributed by atoms with Crippen molar-refractivity contribution in [1.29, 1.82) is 0 Å². The molecule has 4 nitrogen and oxygen atoms in total. The van der Waals surface area contributed by atoms with Crippen LogP contribution in [0.1, 0.15) is 34.9 Å². The third-order valence-corrected chi connectivity index (χ3v) is 6.46. The summed E-state index contributed by atoms with van der Waals surface area (Å²) in [5.74, 6) is 1.29. The van der Waals surface area contributed by atoms with E-state index >= 15 is 0 Å². The number of fused-ring (bicyclic) bond motifs is 1. The van der Waals surface area contributed by atoms with Crippen LogP contribution in [0.25, 0.3) is 16.3 Å². The highest BCUT2D eigenvalue weighted by Gasteiger charge is 2.25. The average molecular weight is 393 g/mol. The first kappa shape index (κ1) is 18.7. The van der Waals surface area contributed by atoms with E-state index in [2.05, 4.69) is 18.2 Å². The fourth-order valence-electron chi connectivity index (χ4n) is 3.66. The number of aromatic nitrogens is 1. The number of para-hydroxylation sites is 1. The zero-order valence-electron chi connectivity index (χ0n) is 16.2. The summed E-state index contributed by atoms with van der Waals surface area (Å²) in [6.45, 7) is 3.58. The first-order valence-corrected chi connectivity index (χ1v) is 10.4. The smallest absolute Gasteiger partial charge is 0.246 e. The van der Waals surface area contributed by atoms with Gasteiger partial charge in [0, 0.05) is 30.6 Å². The lowest BCUT2D eigenvalue weighted by molar-refractivity contribution is -0.126. The zero-order valence-corrected chi connectivity index (χ0v) is 17.0. The lowest BCUT2D eigenvalue weighted by Crippen LogP contribution is -2.36. The summed E-state index contributed by atoms with van der Waals surface area (Å²) in [5, 5.41) is 1.20. The Bertz CT molecular complexity index is 983. The van der Waals surface area contributed by atoms with Gasteiger partial charge in [0.2, 0.25) is 5.91 Å². The minimum Gasteiger partial charge on any atom is -0.496 e. The molecule has 1 aliphatic rings. The number of benzene rings is 2. The SMILES string of the molecule is COc1ccc(C)cc1/C=C/C(=O)N1CCC(c2nc3ccccc3s2)CC1. The number of hydrogen-bond donors (Lipinski definition) is 0. The van der Waals surface area contributed by atoms with Gasteiger partial charge in [0.25, 0.3) is 0 Å². The maximum absolute atomic E-state index is 12.6. The van der Waals surface area contributed by atoms with E-state index in [1.165, 1.54) is 9.71 Å². The van der Waals surface area contributed by atoms with Gasteiger partial charge in [0.15, 0.2) is 0 Å². The predicted octanol–water partition coefficient (Wildman–Crippen LogP) is 5.03. The second-order valence-electron chi connectivity index (χ2n) is 7.20. The number of amides is 1. The number of methoxy groups -OCH3 is 1. The average Bonchev–Trinajstić information content (AvgIpc) is 3.16. The first-order chi connectivity index (χ1) is 13.6. The summed E-state index contributed by atoms with van der Waals surface area (Å²) >= 11 is 1.78. The third-order valence-electron chi connectivity index (χ3n) is 5.26. The summed E-state index contributed by atoms with van der Waals surface area (Å²) in [5.41, 5.74) is 3.15. The van der Waals surface area contributed by atoms with Crippen LogP contribution < -0.4 is 4.74 Å². The van der Waals surface area contributed by atoms with E-state index in [1.54, 1.807) is 24.5 Å². The molecule has 144 valence electrons. The van der Waals surface area contributed by atoms with Crippen LogP contribution in [0.5, 0.6) is 5.75 Å². The van der Waals surface area contributed by atoms with Gasteiger partial charge < -0.3 is 9.64 Å². The maximum atomic E-state index is 12.6. The van der Waals surface area contributed by atoms with Crippen molar-refractivity contribution < 1.29 is 9.53 Å². The number of rotatable bonds is 4. The van der Waals surface area contributed by atoms with Crippen molar-refractivity contribution in [2.45, 2.75) is 25.7 Å². The maximum Gasteiger partial charge on any atom is 0.246 e. The summed E-state index contributed by atoms with van der Waals surface area (Å²) in [7, 11) is 1.65. The van der Waals surface area contributed by atoms with E-state index in [0.717, 1.165) is 48.3 Å². The molecule has 1 fully saturated rings. The van der Waals surface area contributed by atoms with Crippen molar-refractivity contribution in [1.82, 2.24) is 9.88 Å². The molecule has 2 heterocycles. The largest absolute Gasteiger partial charge is 0.496 e. The van der Waals surface area contributed by atoms with Crippen LogP contribution in [0, 0.1) is 6.92 Å². The lowest BCUT2D eigenvalue weighted by atomic mass is 9.97. The van der Waals surface area contributed by atoms with Crippen LogP contribution in [-0.4, -0.2) is 36.0 Å². The molecule has 4 rings (SSSR count). The highest BCUT2D eigenvalue weighted by Crippen LogP contribution is 2.33. The molecule has 1 saturated heterocycles. The van der Waals surface area contributed by atoms with Crippen molar-refractivity contribution in [2.75, 3.05) is 20.2 Å². The second kappa shape index (κ2) is 8.15. The van der Waals surface area contributed by atoms with Crippen molar-refractivity contribution >= 4 is 33.5 Å². The Morgan fingerprint density at radius 2 is 2.00 bits per heavy atom. The molecule has 28 heavy (non-hydrogen) atoms. The molecule has 0 atom stereocenters. The molecule has 1 aliphatic heterocycles. The molecule has 0 saturated carbocycles. The summed E-state index contributed by atoms with van der Waals surface area (Å²) in [4.78, 5) is 19.4. The van der Waals surface area contributed by atoms with Gasteiger partial charge in [-0.15, -0.1) is 11.3 Å². The Kier molecular flexibility index (Phi) is 5.44. The monoisotopic (exact) mass is 392 g/mol. The molecule has 3 aromatic rings. The normalized spacial score (nSPS) is 15.4. The zero-order chi connectivity index (χ0) is 19.5. The summed E-state index contributed by atoms with van der Waals surface area (Å²) in [6, 6.07) is 14.2. The Morgan fingerprint density at radius 3 is 2.75 bits per heavy atom. The van der Waals surface area contributed by atoms with Crippen LogP contribution in [0.15, 0.2) is 48.5 Å². The molecule has 1 aromatic heterocycles. The number of hydrogen-bond acceptors (Lipinski definition) is 4. The molecule has 0 unspecified atom stereocenters. The standard InChI is InChI=1S/C23H24N2O2S/c1-16-7-9-20(27-2)18(15-16)8-10-22(26)25-13-11-17(12-14-25)23-24-19-5-3-4-6-21(19)28-23/h3-10,15,17H,11-14H2,1-2H3/b10-8+. The highest BCUT2D eigenvalue weighted by molar-refractivity contribution is 7.18. The van der Waals surface area contributed by atoms with Gasteiger partial charge in [0.05, 0.1) is 22.3 Å². The molecule has 2 aromatic carbocycles. The molecular formula is C23H24N2O2S. The molecule has 5 heteroatoms. The second-order valence-corrected chi connectivity index (χ2v) is 8.26. The van der Waals surface area contributed by atoms with Crippen molar-refractivity contribution in [2.24, 2.45) is 0 Å². The number of likely N-dealkylation sites (tertiary alicyclic amines) is 1. The molecule has 1 amide bonds. The lowest BCUT2D eigenvalue weighted by Gasteiger charge is -2.30. The van der Waals surface area contributed by atoms with Crippen molar-refractivity contribution in [3.05, 3.63) is 64.7 Å². The van der Waals surface area contributed by atoms with Gasteiger partial charge in [-0.05, 0) is 50.1 Å². The van der Waals surface area contributed by atoms with Gasteiger partial charge in [-0.2, -0.15) is 0 Å². The Labute approximate surface area is 169 Å². The third kappa shape index (κ3) is 3.94. The number of piperidine rings is 1. The molecular weight excluding hydrogens is 368 g/mol. The molecule has 0 aliphatic carbocycles. The van der Waals surface area contributed by atoms with Crippen LogP contribution in [0.2, 0.25) is 0 Å². The fraction of sp³-hybridized carbons (Fsp3) is 0.304. The predicted molar refractivity (Wildman–Crippen MR) is 115 cm³/mol. The van der Waals surface area contributed by atoms with Crippen molar-refractivity contribution in [3.63, 3.8) is 0 Å². The van der Waals surface area contributed by atoms with Crippen LogP contribution in [0.3, 0.4) is 0 Å². The Hall–Kier alpha value is -2.66. The van der Waals surface area contributed by atoms with E-state index in [4.69, 9.17) is 9.72 Å². The number of nitrogens with zero attached hydrogens (tertiary/aromatic N) is 2. The minimum absolute atomic E-state index is 0.0614. The number of aryl methyl sites for hydroxylation is 1. The fourth-order valence-corrected chi connectivity index (χ4v) is 4.80. The van der Waals surface area contributed by atoms with Gasteiger partial charge in [0.1, 0.15) is 5.75 Å². The Morgan fingerprint density at radius 1 is 1.21 bits per heavy atom. The Balaban J connectivity index is 1.39. The van der Waals surface area contributed by atoms with Crippen LogP contribution in [-0.2, 0) is 4.79 Å². The molecule has 0 radical (unpaired) electrons. The van der Waals surface area contributed by atoms with E-state index in [-0.39, 0.29) is 5.91 Å².